The van der Waals surface area contributed by atoms with Crippen LogP contribution < -0.4 is 0 Å². The van der Waals surface area contributed by atoms with E-state index in [9.17, 15) is 9.65 Å². The first-order chi connectivity index (χ1) is 9.15. The summed E-state index contributed by atoms with van der Waals surface area (Å²) in [6.07, 6.45) is 0. The van der Waals surface area contributed by atoms with Crippen molar-refractivity contribution in [3.05, 3.63) is 70.5 Å². The highest BCUT2D eigenvalue weighted by Crippen LogP contribution is 2.37. The van der Waals surface area contributed by atoms with Crippen LogP contribution in [0.5, 0.6) is 0 Å². The van der Waals surface area contributed by atoms with Crippen molar-refractivity contribution in [2.24, 2.45) is 0 Å². The first-order valence-electron chi connectivity index (χ1n) is 6.03. The quantitative estimate of drug-likeness (QED) is 0.781. The summed E-state index contributed by atoms with van der Waals surface area (Å²) in [6.45, 7) is 1.91. The lowest BCUT2D eigenvalue weighted by Gasteiger charge is -2.20. The molecule has 3 heteroatoms. The Morgan fingerprint density at radius 1 is 1.11 bits per heavy atom. The van der Waals surface area contributed by atoms with Crippen LogP contribution in [0.25, 0.3) is 0 Å². The van der Waals surface area contributed by atoms with Gasteiger partial charge in [0.1, 0.15) is 5.82 Å². The maximum atomic E-state index is 13.9. The molecule has 96 valence electrons. The predicted molar refractivity (Wildman–Crippen MR) is 74.6 cm³/mol. The Balaban J connectivity index is 2.44. The predicted octanol–water partition coefficient (Wildman–Crippen LogP) is 4.89. The summed E-state index contributed by atoms with van der Waals surface area (Å²) in [7, 11) is 0. The number of benzene rings is 2. The van der Waals surface area contributed by atoms with Crippen LogP contribution in [0.1, 0.15) is 29.9 Å². The lowest BCUT2D eigenvalue weighted by Crippen LogP contribution is -2.09. The maximum Gasteiger partial charge on any atom is 0.129 e. The number of nitrogens with zero attached hydrogens (tertiary/aromatic N) is 1. The average molecular weight is 274 g/mol. The van der Waals surface area contributed by atoms with Gasteiger partial charge < -0.3 is 0 Å². The number of hydrogen-bond donors (Lipinski definition) is 0. The standard InChI is InChI=1S/C16H13ClFN/c1-11(12-6-3-2-4-7-12)13(10-19)16-14(17)8-5-9-15(16)18/h2-9,11,13H,1H3. The molecule has 0 fully saturated rings. The second-order valence-electron chi connectivity index (χ2n) is 4.44. The van der Waals surface area contributed by atoms with Gasteiger partial charge in [-0.2, -0.15) is 5.26 Å². The topological polar surface area (TPSA) is 23.8 Å². The van der Waals surface area contributed by atoms with Gasteiger partial charge in [0.25, 0.3) is 0 Å². The van der Waals surface area contributed by atoms with Gasteiger partial charge in [0.05, 0.1) is 12.0 Å². The molecular formula is C16H13ClFN. The van der Waals surface area contributed by atoms with Gasteiger partial charge in [-0.15, -0.1) is 0 Å². The Bertz CT molecular complexity index is 584. The van der Waals surface area contributed by atoms with E-state index in [1.165, 1.54) is 6.07 Å². The van der Waals surface area contributed by atoms with Crippen molar-refractivity contribution in [3.8, 4) is 6.07 Å². The smallest absolute Gasteiger partial charge is 0.129 e. The SMILES string of the molecule is CC(c1ccccc1)C(C#N)c1c(F)cccc1Cl. The first-order valence-corrected chi connectivity index (χ1v) is 6.41. The van der Waals surface area contributed by atoms with Crippen molar-refractivity contribution in [2.45, 2.75) is 18.8 Å². The minimum atomic E-state index is -0.601. The fourth-order valence-electron chi connectivity index (χ4n) is 2.18. The molecule has 1 nitrogen and oxygen atoms in total. The molecule has 0 saturated heterocycles. The Hall–Kier alpha value is -1.85. The highest BCUT2D eigenvalue weighted by Gasteiger charge is 2.25. The summed E-state index contributed by atoms with van der Waals surface area (Å²) in [6, 6.07) is 16.3. The van der Waals surface area contributed by atoms with Crippen LogP contribution in [0, 0.1) is 17.1 Å². The molecule has 19 heavy (non-hydrogen) atoms. The van der Waals surface area contributed by atoms with Gasteiger partial charge in [0, 0.05) is 16.5 Å². The van der Waals surface area contributed by atoms with E-state index in [4.69, 9.17) is 11.6 Å². The minimum Gasteiger partial charge on any atom is -0.207 e. The number of hydrogen-bond acceptors (Lipinski definition) is 1. The summed E-state index contributed by atoms with van der Waals surface area (Å²) < 4.78 is 13.9. The van der Waals surface area contributed by atoms with Crippen LogP contribution in [-0.4, -0.2) is 0 Å². The molecular weight excluding hydrogens is 261 g/mol. The normalized spacial score (nSPS) is 13.6. The zero-order chi connectivity index (χ0) is 13.8. The molecule has 0 aliphatic heterocycles. The molecule has 2 unspecified atom stereocenters. The molecule has 0 heterocycles. The summed E-state index contributed by atoms with van der Waals surface area (Å²) in [4.78, 5) is 0. The Labute approximate surface area is 117 Å². The van der Waals surface area contributed by atoms with Crippen molar-refractivity contribution in [3.63, 3.8) is 0 Å². The molecule has 0 aliphatic rings. The van der Waals surface area contributed by atoms with Gasteiger partial charge in [-0.3, -0.25) is 0 Å². The van der Waals surface area contributed by atoms with E-state index in [0.717, 1.165) is 5.56 Å². The molecule has 0 amide bonds. The molecule has 0 aromatic heterocycles. The van der Waals surface area contributed by atoms with E-state index in [1.54, 1.807) is 12.1 Å². The van der Waals surface area contributed by atoms with Gasteiger partial charge in [0.2, 0.25) is 0 Å². The van der Waals surface area contributed by atoms with Crippen molar-refractivity contribution >= 4 is 11.6 Å². The molecule has 0 aliphatic carbocycles. The van der Waals surface area contributed by atoms with Gasteiger partial charge in [0.15, 0.2) is 0 Å². The first kappa shape index (κ1) is 13.6. The fraction of sp³-hybridized carbons (Fsp3) is 0.188. The highest BCUT2D eigenvalue weighted by atomic mass is 35.5. The van der Waals surface area contributed by atoms with E-state index >= 15 is 0 Å². The Morgan fingerprint density at radius 2 is 1.79 bits per heavy atom. The third-order valence-electron chi connectivity index (χ3n) is 3.28. The van der Waals surface area contributed by atoms with Gasteiger partial charge in [-0.25, -0.2) is 4.39 Å². The highest BCUT2D eigenvalue weighted by molar-refractivity contribution is 6.31. The van der Waals surface area contributed by atoms with Gasteiger partial charge >= 0.3 is 0 Å². The van der Waals surface area contributed by atoms with Crippen LogP contribution in [-0.2, 0) is 0 Å². The molecule has 0 N–H and O–H groups in total. The minimum absolute atomic E-state index is 0.124. The summed E-state index contributed by atoms with van der Waals surface area (Å²) in [5, 5.41) is 9.69. The van der Waals surface area contributed by atoms with E-state index in [1.807, 2.05) is 37.3 Å². The Kier molecular flexibility index (Phi) is 4.19. The van der Waals surface area contributed by atoms with Crippen molar-refractivity contribution < 1.29 is 4.39 Å². The van der Waals surface area contributed by atoms with Crippen molar-refractivity contribution in [2.75, 3.05) is 0 Å². The zero-order valence-corrected chi connectivity index (χ0v) is 11.2. The largest absolute Gasteiger partial charge is 0.207 e. The third kappa shape index (κ3) is 2.77. The lowest BCUT2D eigenvalue weighted by atomic mass is 9.83. The van der Waals surface area contributed by atoms with Gasteiger partial charge in [-0.1, -0.05) is 54.9 Å². The maximum absolute atomic E-state index is 13.9. The third-order valence-corrected chi connectivity index (χ3v) is 3.60. The molecule has 2 rings (SSSR count). The molecule has 2 aromatic rings. The zero-order valence-electron chi connectivity index (χ0n) is 10.5. The molecule has 0 spiro atoms. The van der Waals surface area contributed by atoms with Crippen LogP contribution in [0.15, 0.2) is 48.5 Å². The second-order valence-corrected chi connectivity index (χ2v) is 4.85. The molecule has 0 bridgehead atoms. The average Bonchev–Trinajstić information content (AvgIpc) is 2.43. The van der Waals surface area contributed by atoms with Crippen molar-refractivity contribution in [1.82, 2.24) is 0 Å². The van der Waals surface area contributed by atoms with Crippen LogP contribution in [0.3, 0.4) is 0 Å². The summed E-state index contributed by atoms with van der Waals surface area (Å²) in [5.41, 5.74) is 1.27. The lowest BCUT2D eigenvalue weighted by molar-refractivity contribution is 0.580. The molecule has 0 saturated carbocycles. The van der Waals surface area contributed by atoms with E-state index in [2.05, 4.69) is 6.07 Å². The molecule has 2 atom stereocenters. The summed E-state index contributed by atoms with van der Waals surface area (Å²) in [5.74, 6) is -1.15. The van der Waals surface area contributed by atoms with E-state index in [-0.39, 0.29) is 11.5 Å². The van der Waals surface area contributed by atoms with E-state index < -0.39 is 11.7 Å². The van der Waals surface area contributed by atoms with Crippen LogP contribution in [0.2, 0.25) is 5.02 Å². The van der Waals surface area contributed by atoms with Crippen LogP contribution in [0.4, 0.5) is 4.39 Å². The van der Waals surface area contributed by atoms with Gasteiger partial charge in [-0.05, 0) is 17.7 Å². The Morgan fingerprint density at radius 3 is 2.37 bits per heavy atom. The van der Waals surface area contributed by atoms with Crippen molar-refractivity contribution in [1.29, 1.82) is 5.26 Å². The number of nitriles is 1. The van der Waals surface area contributed by atoms with Crippen LogP contribution >= 0.6 is 11.6 Å². The molecule has 2 aromatic carbocycles. The van der Waals surface area contributed by atoms with E-state index in [0.29, 0.717) is 5.02 Å². The molecule has 0 radical (unpaired) electrons. The fourth-order valence-corrected chi connectivity index (χ4v) is 2.46. The number of halogens is 2. The number of rotatable bonds is 3. The monoisotopic (exact) mass is 273 g/mol. The summed E-state index contributed by atoms with van der Waals surface area (Å²) >= 11 is 6.04. The second kappa shape index (κ2) is 5.86.